The monoisotopic (exact) mass is 443 g/mol. The van der Waals surface area contributed by atoms with Crippen LogP contribution in [0.1, 0.15) is 53.0 Å². The van der Waals surface area contributed by atoms with Gasteiger partial charge >= 0.3 is 5.97 Å². The van der Waals surface area contributed by atoms with E-state index in [2.05, 4.69) is 15.5 Å². The van der Waals surface area contributed by atoms with Crippen LogP contribution in [0.3, 0.4) is 0 Å². The average molecular weight is 444 g/mol. The van der Waals surface area contributed by atoms with Gasteiger partial charge in [-0.25, -0.2) is 9.78 Å². The lowest BCUT2D eigenvalue weighted by atomic mass is 10.1. The molecule has 0 spiro atoms. The quantitative estimate of drug-likeness (QED) is 0.454. The summed E-state index contributed by atoms with van der Waals surface area (Å²) < 4.78 is 16.2. The molecule has 3 aromatic rings. The Morgan fingerprint density at radius 2 is 2.10 bits per heavy atom. The van der Waals surface area contributed by atoms with Crippen LogP contribution in [-0.4, -0.2) is 28.1 Å². The van der Waals surface area contributed by atoms with Crippen molar-refractivity contribution >= 4 is 29.0 Å². The summed E-state index contributed by atoms with van der Waals surface area (Å²) >= 11 is 1.55. The molecule has 2 heterocycles. The predicted octanol–water partition coefficient (Wildman–Crippen LogP) is 4.68. The smallest absolute Gasteiger partial charge is 0.339 e. The van der Waals surface area contributed by atoms with E-state index in [-0.39, 0.29) is 5.82 Å². The Morgan fingerprint density at radius 3 is 2.77 bits per heavy atom. The fraction of sp³-hybridized carbons (Fsp3) is 0.364. The number of unbranched alkanes of at least 4 members (excludes halogenated alkanes) is 1. The summed E-state index contributed by atoms with van der Waals surface area (Å²) in [6, 6.07) is 8.28. The Balaban J connectivity index is 1.63. The number of nitrogens with one attached hydrogen (secondary N) is 1. The van der Waals surface area contributed by atoms with Crippen LogP contribution in [-0.2, 0) is 16.1 Å². The minimum absolute atomic E-state index is 0.285. The molecule has 0 saturated heterocycles. The molecule has 2 aromatic heterocycles. The van der Waals surface area contributed by atoms with Gasteiger partial charge < -0.3 is 19.3 Å². The van der Waals surface area contributed by atoms with Gasteiger partial charge in [0.15, 0.2) is 11.9 Å². The van der Waals surface area contributed by atoms with Crippen LogP contribution in [0, 0.1) is 13.8 Å². The van der Waals surface area contributed by atoms with Crippen molar-refractivity contribution in [2.45, 2.75) is 52.7 Å². The number of ether oxygens (including phenoxy) is 2. The van der Waals surface area contributed by atoms with Crippen LogP contribution in [0.15, 0.2) is 40.2 Å². The molecule has 0 bridgehead atoms. The summed E-state index contributed by atoms with van der Waals surface area (Å²) in [5, 5.41) is 9.27. The van der Waals surface area contributed by atoms with Crippen LogP contribution < -0.4 is 10.1 Å². The zero-order valence-corrected chi connectivity index (χ0v) is 18.5. The Bertz CT molecular complexity index is 1030. The van der Waals surface area contributed by atoms with Crippen molar-refractivity contribution in [3.63, 3.8) is 0 Å². The van der Waals surface area contributed by atoms with E-state index in [1.54, 1.807) is 48.6 Å². The van der Waals surface area contributed by atoms with Crippen LogP contribution in [0.2, 0.25) is 0 Å². The van der Waals surface area contributed by atoms with Crippen molar-refractivity contribution in [1.82, 2.24) is 10.1 Å². The topological polar surface area (TPSA) is 104 Å². The molecule has 1 atom stereocenters. The van der Waals surface area contributed by atoms with E-state index in [0.29, 0.717) is 30.1 Å². The van der Waals surface area contributed by atoms with Crippen molar-refractivity contribution in [1.29, 1.82) is 0 Å². The third-order valence-corrected chi connectivity index (χ3v) is 5.19. The van der Waals surface area contributed by atoms with Crippen molar-refractivity contribution in [2.75, 3.05) is 5.32 Å². The molecular weight excluding hydrogens is 418 g/mol. The average Bonchev–Trinajstić information content (AvgIpc) is 3.37. The second-order valence-electron chi connectivity index (χ2n) is 7.02. The molecule has 0 radical (unpaired) electrons. The van der Waals surface area contributed by atoms with E-state index in [1.807, 2.05) is 19.2 Å². The molecule has 164 valence electrons. The molecule has 0 aliphatic rings. The van der Waals surface area contributed by atoms with Gasteiger partial charge in [0.05, 0.1) is 16.3 Å². The number of benzene rings is 1. The maximum atomic E-state index is 12.7. The van der Waals surface area contributed by atoms with Gasteiger partial charge in [-0.3, -0.25) is 4.79 Å². The molecular formula is C22H25N3O5S. The first-order valence-electron chi connectivity index (χ1n) is 10.0. The zero-order valence-electron chi connectivity index (χ0n) is 17.7. The van der Waals surface area contributed by atoms with Crippen molar-refractivity contribution in [3.05, 3.63) is 57.7 Å². The Kier molecular flexibility index (Phi) is 7.77. The summed E-state index contributed by atoms with van der Waals surface area (Å²) in [5.74, 6) is 0.339. The van der Waals surface area contributed by atoms with E-state index in [9.17, 15) is 9.59 Å². The molecule has 1 unspecified atom stereocenters. The highest BCUT2D eigenvalue weighted by atomic mass is 32.1. The summed E-state index contributed by atoms with van der Waals surface area (Å²) in [4.78, 5) is 29.7. The van der Waals surface area contributed by atoms with Crippen molar-refractivity contribution < 1.29 is 23.6 Å². The van der Waals surface area contributed by atoms with Gasteiger partial charge in [0, 0.05) is 11.4 Å². The first-order valence-corrected chi connectivity index (χ1v) is 10.9. The number of carbonyl (C=O) groups is 2. The van der Waals surface area contributed by atoms with Crippen molar-refractivity contribution in [2.24, 2.45) is 0 Å². The highest BCUT2D eigenvalue weighted by Crippen LogP contribution is 2.19. The minimum atomic E-state index is -0.938. The van der Waals surface area contributed by atoms with Gasteiger partial charge in [0.1, 0.15) is 18.1 Å². The predicted molar refractivity (Wildman–Crippen MR) is 116 cm³/mol. The lowest BCUT2D eigenvalue weighted by Crippen LogP contribution is -2.32. The van der Waals surface area contributed by atoms with E-state index in [0.717, 1.165) is 23.5 Å². The molecule has 1 N–H and O–H groups in total. The molecule has 8 nitrogen and oxygen atoms in total. The van der Waals surface area contributed by atoms with Crippen molar-refractivity contribution in [3.8, 4) is 5.75 Å². The van der Waals surface area contributed by atoms with Gasteiger partial charge in [-0.1, -0.05) is 24.6 Å². The maximum absolute atomic E-state index is 12.7. The standard InChI is InChI=1S/C22H25N3O5S/c1-4-5-9-19(21(26)24-20-10-14(2)30-25-20)29-22(27)16-7-6-8-18(11-16)28-12-17-13-31-15(3)23-17/h6-8,10-11,13,19H,4-5,9,12H2,1-3H3,(H,24,25,26). The summed E-state index contributed by atoms with van der Waals surface area (Å²) in [6.07, 6.45) is 1.07. The van der Waals surface area contributed by atoms with Crippen LogP contribution in [0.25, 0.3) is 0 Å². The molecule has 1 aromatic carbocycles. The fourth-order valence-corrected chi connectivity index (χ4v) is 3.40. The number of hydrogen-bond donors (Lipinski definition) is 1. The normalized spacial score (nSPS) is 11.7. The van der Waals surface area contributed by atoms with Gasteiger partial charge in [-0.2, -0.15) is 0 Å². The minimum Gasteiger partial charge on any atom is -0.487 e. The molecule has 31 heavy (non-hydrogen) atoms. The first-order chi connectivity index (χ1) is 14.9. The molecule has 0 fully saturated rings. The van der Waals surface area contributed by atoms with Crippen LogP contribution >= 0.6 is 11.3 Å². The maximum Gasteiger partial charge on any atom is 0.339 e. The third kappa shape index (κ3) is 6.65. The number of carbonyl (C=O) groups excluding carboxylic acids is 2. The highest BCUT2D eigenvalue weighted by Gasteiger charge is 2.24. The summed E-state index contributed by atoms with van der Waals surface area (Å²) in [7, 11) is 0. The van der Waals surface area contributed by atoms with Gasteiger partial charge in [0.2, 0.25) is 0 Å². The number of aromatic nitrogens is 2. The van der Waals surface area contributed by atoms with Crippen LogP contribution in [0.5, 0.6) is 5.75 Å². The zero-order chi connectivity index (χ0) is 22.2. The number of esters is 1. The lowest BCUT2D eigenvalue weighted by molar-refractivity contribution is -0.125. The Morgan fingerprint density at radius 1 is 1.26 bits per heavy atom. The first kappa shape index (κ1) is 22.5. The summed E-state index contributed by atoms with van der Waals surface area (Å²) in [6.45, 7) is 5.96. The van der Waals surface area contributed by atoms with Gasteiger partial charge in [-0.05, 0) is 44.9 Å². The Hall–Kier alpha value is -3.20. The molecule has 0 aliphatic carbocycles. The fourth-order valence-electron chi connectivity index (χ4n) is 2.81. The number of anilines is 1. The van der Waals surface area contributed by atoms with E-state index >= 15 is 0 Å². The number of hydrogen-bond acceptors (Lipinski definition) is 8. The molecule has 1 amide bonds. The highest BCUT2D eigenvalue weighted by molar-refractivity contribution is 7.09. The number of nitrogens with zero attached hydrogens (tertiary/aromatic N) is 2. The summed E-state index contributed by atoms with van der Waals surface area (Å²) in [5.41, 5.74) is 1.13. The molecule has 0 saturated carbocycles. The Labute approximate surface area is 184 Å². The molecule has 0 aliphatic heterocycles. The van der Waals surface area contributed by atoms with E-state index < -0.39 is 18.0 Å². The number of thiazole rings is 1. The third-order valence-electron chi connectivity index (χ3n) is 4.36. The number of amides is 1. The van der Waals surface area contributed by atoms with Gasteiger partial charge in [0.25, 0.3) is 5.91 Å². The number of aryl methyl sites for hydroxylation is 2. The largest absolute Gasteiger partial charge is 0.487 e. The lowest BCUT2D eigenvalue weighted by Gasteiger charge is -2.17. The SMILES string of the molecule is CCCCC(OC(=O)c1cccc(OCc2csc(C)n2)c1)C(=O)Nc1cc(C)on1. The molecule has 9 heteroatoms. The van der Waals surface area contributed by atoms with E-state index in [4.69, 9.17) is 14.0 Å². The second-order valence-corrected chi connectivity index (χ2v) is 8.08. The van der Waals surface area contributed by atoms with Gasteiger partial charge in [-0.15, -0.1) is 11.3 Å². The van der Waals surface area contributed by atoms with E-state index in [1.165, 1.54) is 0 Å². The second kappa shape index (κ2) is 10.7. The van der Waals surface area contributed by atoms with Crippen LogP contribution in [0.4, 0.5) is 5.82 Å². The molecule has 3 rings (SSSR count). The number of rotatable bonds is 10.